The van der Waals surface area contributed by atoms with Crippen molar-refractivity contribution in [1.82, 2.24) is 15.2 Å². The van der Waals surface area contributed by atoms with Crippen molar-refractivity contribution in [3.63, 3.8) is 0 Å². The second-order valence-electron chi connectivity index (χ2n) is 6.52. The molecule has 0 aliphatic carbocycles. The average molecular weight is 324 g/mol. The first kappa shape index (κ1) is 16.6. The maximum atomic E-state index is 4.73. The molecular formula is C16H25N3S2. The lowest BCUT2D eigenvalue weighted by atomic mass is 9.98. The summed E-state index contributed by atoms with van der Waals surface area (Å²) in [5, 5.41) is 9.07. The molecule has 0 radical (unpaired) electrons. The van der Waals surface area contributed by atoms with E-state index in [9.17, 15) is 0 Å². The van der Waals surface area contributed by atoms with Gasteiger partial charge in [-0.1, -0.05) is 26.8 Å². The number of hydrogen-bond acceptors (Lipinski definition) is 5. The van der Waals surface area contributed by atoms with E-state index < -0.39 is 0 Å². The van der Waals surface area contributed by atoms with E-state index in [1.54, 1.807) is 11.3 Å². The van der Waals surface area contributed by atoms with Gasteiger partial charge in [0.1, 0.15) is 0 Å². The number of rotatable bonds is 6. The van der Waals surface area contributed by atoms with Gasteiger partial charge in [0, 0.05) is 28.8 Å². The number of nitrogens with one attached hydrogen (secondary N) is 1. The van der Waals surface area contributed by atoms with Crippen LogP contribution in [-0.2, 0) is 12.0 Å². The molecule has 0 bridgehead atoms. The lowest BCUT2D eigenvalue weighted by molar-refractivity contribution is 0.292. The molecule has 1 unspecified atom stereocenters. The highest BCUT2D eigenvalue weighted by Gasteiger charge is 2.18. The van der Waals surface area contributed by atoms with E-state index >= 15 is 0 Å². The normalized spacial score (nSPS) is 13.8. The second kappa shape index (κ2) is 7.01. The fourth-order valence-electron chi connectivity index (χ4n) is 2.09. The highest BCUT2D eigenvalue weighted by molar-refractivity contribution is 7.10. The molecule has 0 aromatic carbocycles. The number of thiazole rings is 1. The summed E-state index contributed by atoms with van der Waals surface area (Å²) in [4.78, 5) is 8.40. The van der Waals surface area contributed by atoms with Gasteiger partial charge < -0.3 is 10.2 Å². The number of likely N-dealkylation sites (N-methyl/N-ethyl adjacent to an activating group) is 1. The molecule has 2 rings (SSSR count). The topological polar surface area (TPSA) is 28.2 Å². The summed E-state index contributed by atoms with van der Waals surface area (Å²) >= 11 is 3.58. The minimum absolute atomic E-state index is 0.145. The van der Waals surface area contributed by atoms with Crippen LogP contribution in [0, 0.1) is 0 Å². The molecule has 1 N–H and O–H groups in total. The second-order valence-corrected chi connectivity index (χ2v) is 8.36. The zero-order valence-electron chi connectivity index (χ0n) is 13.5. The molecule has 0 amide bonds. The molecule has 5 heteroatoms. The molecule has 0 aliphatic heterocycles. The maximum absolute atomic E-state index is 4.73. The summed E-state index contributed by atoms with van der Waals surface area (Å²) in [5.41, 5.74) is 1.29. The van der Waals surface area contributed by atoms with E-state index in [0.29, 0.717) is 6.04 Å². The van der Waals surface area contributed by atoms with Crippen molar-refractivity contribution in [3.8, 4) is 0 Å². The molecule has 2 aromatic rings. The van der Waals surface area contributed by atoms with Crippen LogP contribution in [0.1, 0.15) is 42.4 Å². The highest BCUT2D eigenvalue weighted by Crippen LogP contribution is 2.26. The first-order chi connectivity index (χ1) is 9.88. The van der Waals surface area contributed by atoms with E-state index in [1.807, 2.05) is 11.3 Å². The van der Waals surface area contributed by atoms with Crippen molar-refractivity contribution in [3.05, 3.63) is 38.5 Å². The van der Waals surface area contributed by atoms with Crippen LogP contribution in [-0.4, -0.2) is 30.5 Å². The third-order valence-corrected chi connectivity index (χ3v) is 5.62. The Balaban J connectivity index is 1.90. The average Bonchev–Trinajstić information content (AvgIpc) is 3.04. The highest BCUT2D eigenvalue weighted by atomic mass is 32.1. The van der Waals surface area contributed by atoms with E-state index in [0.717, 1.165) is 18.8 Å². The lowest BCUT2D eigenvalue weighted by Gasteiger charge is -2.23. The minimum atomic E-state index is 0.145. The van der Waals surface area contributed by atoms with Crippen LogP contribution in [0.15, 0.2) is 22.9 Å². The number of thiophene rings is 1. The van der Waals surface area contributed by atoms with Crippen LogP contribution >= 0.6 is 22.7 Å². The first-order valence-electron chi connectivity index (χ1n) is 7.23. The molecular weight excluding hydrogens is 298 g/mol. The molecule has 1 atom stereocenters. The van der Waals surface area contributed by atoms with E-state index in [4.69, 9.17) is 4.98 Å². The predicted octanol–water partition coefficient (Wildman–Crippen LogP) is 3.89. The number of aromatic nitrogens is 1. The molecule has 2 aromatic heterocycles. The van der Waals surface area contributed by atoms with Crippen LogP contribution in [0.2, 0.25) is 0 Å². The summed E-state index contributed by atoms with van der Waals surface area (Å²) in [7, 11) is 4.26. The van der Waals surface area contributed by atoms with Gasteiger partial charge in [-0.3, -0.25) is 0 Å². The van der Waals surface area contributed by atoms with Crippen molar-refractivity contribution < 1.29 is 0 Å². The predicted molar refractivity (Wildman–Crippen MR) is 93.3 cm³/mol. The molecule has 0 saturated carbocycles. The third-order valence-electron chi connectivity index (χ3n) is 3.33. The van der Waals surface area contributed by atoms with Gasteiger partial charge in [-0.25, -0.2) is 4.98 Å². The molecule has 0 saturated heterocycles. The van der Waals surface area contributed by atoms with Crippen molar-refractivity contribution in [2.75, 3.05) is 20.6 Å². The molecule has 2 heterocycles. The van der Waals surface area contributed by atoms with Crippen LogP contribution < -0.4 is 5.32 Å². The van der Waals surface area contributed by atoms with E-state index in [2.05, 4.69) is 68.0 Å². The van der Waals surface area contributed by atoms with Crippen LogP contribution in [0.3, 0.4) is 0 Å². The van der Waals surface area contributed by atoms with Gasteiger partial charge in [-0.05, 0) is 25.5 Å². The number of nitrogens with zero attached hydrogens (tertiary/aromatic N) is 2. The Morgan fingerprint density at radius 2 is 2.05 bits per heavy atom. The largest absolute Gasteiger partial charge is 0.309 e. The zero-order chi connectivity index (χ0) is 15.5. The Hall–Kier alpha value is -0.750. The molecule has 116 valence electrons. The van der Waals surface area contributed by atoms with Gasteiger partial charge in [0.25, 0.3) is 0 Å². The fraction of sp³-hybridized carbons (Fsp3) is 0.562. The molecule has 3 nitrogen and oxygen atoms in total. The summed E-state index contributed by atoms with van der Waals surface area (Å²) < 4.78 is 0. The lowest BCUT2D eigenvalue weighted by Crippen LogP contribution is -2.30. The Kier molecular flexibility index (Phi) is 5.54. The molecule has 0 fully saturated rings. The Labute approximate surface area is 136 Å². The fourth-order valence-corrected chi connectivity index (χ4v) is 3.92. The SMILES string of the molecule is CN(C)C(CNCc1csc(C(C)(C)C)n1)c1cccs1. The van der Waals surface area contributed by atoms with Crippen molar-refractivity contribution in [1.29, 1.82) is 0 Å². The Morgan fingerprint density at radius 1 is 1.29 bits per heavy atom. The smallest absolute Gasteiger partial charge is 0.0982 e. The summed E-state index contributed by atoms with van der Waals surface area (Å²) in [6.45, 7) is 8.41. The summed E-state index contributed by atoms with van der Waals surface area (Å²) in [5.74, 6) is 0. The van der Waals surface area contributed by atoms with E-state index in [-0.39, 0.29) is 5.41 Å². The van der Waals surface area contributed by atoms with Gasteiger partial charge >= 0.3 is 0 Å². The standard InChI is InChI=1S/C16H25N3S2/c1-16(2,3)15-18-12(11-21-15)9-17-10-13(19(4)5)14-7-6-8-20-14/h6-8,11,13,17H,9-10H2,1-5H3. The minimum Gasteiger partial charge on any atom is -0.309 e. The van der Waals surface area contributed by atoms with Gasteiger partial charge in [0.2, 0.25) is 0 Å². The Bertz CT molecular complexity index is 538. The maximum Gasteiger partial charge on any atom is 0.0982 e. The monoisotopic (exact) mass is 323 g/mol. The van der Waals surface area contributed by atoms with Crippen LogP contribution in [0.5, 0.6) is 0 Å². The summed E-state index contributed by atoms with van der Waals surface area (Å²) in [6, 6.07) is 4.75. The van der Waals surface area contributed by atoms with Crippen molar-refractivity contribution >= 4 is 22.7 Å². The van der Waals surface area contributed by atoms with Gasteiger partial charge in [-0.15, -0.1) is 22.7 Å². The van der Waals surface area contributed by atoms with E-state index in [1.165, 1.54) is 9.88 Å². The third kappa shape index (κ3) is 4.61. The number of hydrogen-bond donors (Lipinski definition) is 1. The van der Waals surface area contributed by atoms with Crippen molar-refractivity contribution in [2.45, 2.75) is 38.8 Å². The quantitative estimate of drug-likeness (QED) is 0.874. The zero-order valence-corrected chi connectivity index (χ0v) is 15.1. The van der Waals surface area contributed by atoms with Crippen LogP contribution in [0.25, 0.3) is 0 Å². The van der Waals surface area contributed by atoms with Crippen molar-refractivity contribution in [2.24, 2.45) is 0 Å². The first-order valence-corrected chi connectivity index (χ1v) is 8.99. The molecule has 0 spiro atoms. The van der Waals surface area contributed by atoms with Gasteiger partial charge in [0.15, 0.2) is 0 Å². The van der Waals surface area contributed by atoms with Crippen LogP contribution in [0.4, 0.5) is 0 Å². The molecule has 21 heavy (non-hydrogen) atoms. The van der Waals surface area contributed by atoms with Gasteiger partial charge in [0.05, 0.1) is 16.7 Å². The molecule has 0 aliphatic rings. The van der Waals surface area contributed by atoms with Gasteiger partial charge in [-0.2, -0.15) is 0 Å². The summed E-state index contributed by atoms with van der Waals surface area (Å²) in [6.07, 6.45) is 0. The Morgan fingerprint density at radius 3 is 2.57 bits per heavy atom.